The molecule has 1 unspecified atom stereocenters. The van der Waals surface area contributed by atoms with Crippen LogP contribution in [0.1, 0.15) is 18.9 Å². The smallest absolute Gasteiger partial charge is 0.108 e. The summed E-state index contributed by atoms with van der Waals surface area (Å²) in [6.07, 6.45) is 2.35. The van der Waals surface area contributed by atoms with Gasteiger partial charge < -0.3 is 15.1 Å². The zero-order chi connectivity index (χ0) is 16.7. The molecule has 1 aliphatic heterocycles. The molecule has 2 N–H and O–H groups in total. The maximum atomic E-state index is 6.36. The molecular weight excluding hydrogens is 286 g/mol. The summed E-state index contributed by atoms with van der Waals surface area (Å²) in [5.74, 6) is 0. The summed E-state index contributed by atoms with van der Waals surface area (Å²) in [6, 6.07) is 5.12. The van der Waals surface area contributed by atoms with E-state index in [1.807, 2.05) is 0 Å². The van der Waals surface area contributed by atoms with Gasteiger partial charge in [-0.15, -0.1) is 0 Å². The van der Waals surface area contributed by atoms with Crippen molar-refractivity contribution in [3.8, 4) is 0 Å². The highest BCUT2D eigenvalue weighted by Gasteiger charge is 2.34. The molecule has 1 fully saturated rings. The molecule has 4 heteroatoms. The van der Waals surface area contributed by atoms with Gasteiger partial charge in [0.05, 0.1) is 35.8 Å². The number of quaternary nitrogens is 1. The van der Waals surface area contributed by atoms with Gasteiger partial charge in [0.25, 0.3) is 0 Å². The SMILES string of the molecule is CCc1c(N2CCC([N+](C)(C)C)C2)ccc(N)c1[Si](C)(C)C. The third-order valence-electron chi connectivity index (χ3n) is 5.02. The molecule has 1 aromatic carbocycles. The molecule has 0 aromatic heterocycles. The van der Waals surface area contributed by atoms with Crippen LogP contribution in [-0.4, -0.2) is 52.8 Å². The Bertz CT molecular complexity index is 540. The highest BCUT2D eigenvalue weighted by atomic mass is 28.3. The van der Waals surface area contributed by atoms with Crippen LogP contribution in [0, 0.1) is 0 Å². The van der Waals surface area contributed by atoms with Crippen LogP contribution < -0.4 is 15.8 Å². The lowest BCUT2D eigenvalue weighted by Crippen LogP contribution is -2.47. The van der Waals surface area contributed by atoms with E-state index in [1.165, 1.54) is 29.4 Å². The van der Waals surface area contributed by atoms with Crippen molar-refractivity contribution < 1.29 is 4.48 Å². The number of rotatable bonds is 4. The molecule has 2 rings (SSSR count). The molecule has 1 saturated heterocycles. The van der Waals surface area contributed by atoms with E-state index in [-0.39, 0.29) is 0 Å². The Hall–Kier alpha value is -1.00. The molecule has 1 heterocycles. The van der Waals surface area contributed by atoms with Crippen LogP contribution in [0.4, 0.5) is 11.4 Å². The maximum Gasteiger partial charge on any atom is 0.108 e. The Labute approximate surface area is 137 Å². The van der Waals surface area contributed by atoms with Gasteiger partial charge in [0, 0.05) is 24.3 Å². The number of likely N-dealkylation sites (N-methyl/N-ethyl adjacent to an activating group) is 1. The van der Waals surface area contributed by atoms with Gasteiger partial charge in [-0.1, -0.05) is 26.6 Å². The van der Waals surface area contributed by atoms with E-state index in [0.29, 0.717) is 0 Å². The second-order valence-corrected chi connectivity index (χ2v) is 13.6. The van der Waals surface area contributed by atoms with E-state index in [1.54, 1.807) is 0 Å². The fraction of sp³-hybridized carbons (Fsp3) is 0.667. The first-order chi connectivity index (χ1) is 10.1. The first kappa shape index (κ1) is 17.4. The van der Waals surface area contributed by atoms with Gasteiger partial charge in [0.1, 0.15) is 6.04 Å². The Morgan fingerprint density at radius 3 is 2.32 bits per heavy atom. The normalized spacial score (nSPS) is 19.8. The highest BCUT2D eigenvalue weighted by Crippen LogP contribution is 2.29. The van der Waals surface area contributed by atoms with Gasteiger partial charge >= 0.3 is 0 Å². The number of hydrogen-bond acceptors (Lipinski definition) is 2. The molecule has 0 aliphatic carbocycles. The van der Waals surface area contributed by atoms with Crippen molar-refractivity contribution in [2.24, 2.45) is 0 Å². The summed E-state index contributed by atoms with van der Waals surface area (Å²) in [7, 11) is 5.50. The first-order valence-corrected chi connectivity index (χ1v) is 12.0. The molecule has 0 spiro atoms. The minimum atomic E-state index is -1.43. The van der Waals surface area contributed by atoms with Crippen molar-refractivity contribution in [1.29, 1.82) is 0 Å². The molecule has 22 heavy (non-hydrogen) atoms. The summed E-state index contributed by atoms with van der Waals surface area (Å²) in [5, 5.41) is 1.47. The molecule has 1 aliphatic rings. The van der Waals surface area contributed by atoms with Crippen LogP contribution in [0.5, 0.6) is 0 Å². The largest absolute Gasteiger partial charge is 0.399 e. The lowest BCUT2D eigenvalue weighted by Gasteiger charge is -2.32. The summed E-state index contributed by atoms with van der Waals surface area (Å²) >= 11 is 0. The van der Waals surface area contributed by atoms with Crippen molar-refractivity contribution in [3.63, 3.8) is 0 Å². The summed E-state index contributed by atoms with van der Waals surface area (Å²) in [4.78, 5) is 2.59. The Morgan fingerprint density at radius 1 is 1.23 bits per heavy atom. The molecule has 0 bridgehead atoms. The number of benzene rings is 1. The van der Waals surface area contributed by atoms with Crippen molar-refractivity contribution >= 4 is 24.6 Å². The van der Waals surface area contributed by atoms with Gasteiger partial charge in [-0.05, 0) is 29.3 Å². The number of hydrogen-bond donors (Lipinski definition) is 1. The number of nitrogens with zero attached hydrogens (tertiary/aromatic N) is 2. The van der Waals surface area contributed by atoms with Crippen LogP contribution in [0.15, 0.2) is 12.1 Å². The second kappa shape index (κ2) is 5.89. The number of nitrogen functional groups attached to an aromatic ring is 1. The fourth-order valence-corrected chi connectivity index (χ4v) is 5.95. The van der Waals surface area contributed by atoms with Gasteiger partial charge in [-0.25, -0.2) is 0 Å². The van der Waals surface area contributed by atoms with E-state index >= 15 is 0 Å². The van der Waals surface area contributed by atoms with Crippen LogP contribution in [0.2, 0.25) is 19.6 Å². The Balaban J connectivity index is 2.41. The van der Waals surface area contributed by atoms with Gasteiger partial charge in [0.2, 0.25) is 0 Å². The lowest BCUT2D eigenvalue weighted by atomic mass is 10.1. The van der Waals surface area contributed by atoms with Crippen molar-refractivity contribution in [2.45, 2.75) is 45.4 Å². The average molecular weight is 321 g/mol. The minimum absolute atomic E-state index is 0.720. The predicted molar refractivity (Wildman–Crippen MR) is 102 cm³/mol. The van der Waals surface area contributed by atoms with Crippen molar-refractivity contribution in [2.75, 3.05) is 44.9 Å². The first-order valence-electron chi connectivity index (χ1n) is 8.53. The third kappa shape index (κ3) is 3.33. The lowest BCUT2D eigenvalue weighted by molar-refractivity contribution is -0.893. The summed E-state index contributed by atoms with van der Waals surface area (Å²) < 4.78 is 1.05. The highest BCUT2D eigenvalue weighted by molar-refractivity contribution is 6.90. The molecule has 3 nitrogen and oxygen atoms in total. The topological polar surface area (TPSA) is 29.3 Å². The van der Waals surface area contributed by atoms with Crippen molar-refractivity contribution in [3.05, 3.63) is 17.7 Å². The van der Waals surface area contributed by atoms with Crippen molar-refractivity contribution in [1.82, 2.24) is 0 Å². The maximum absolute atomic E-state index is 6.36. The summed E-state index contributed by atoms with van der Waals surface area (Å²) in [6.45, 7) is 11.8. The Morgan fingerprint density at radius 2 is 1.86 bits per heavy atom. The number of nitrogens with two attached hydrogens (primary N) is 1. The zero-order valence-corrected chi connectivity index (χ0v) is 16.5. The van der Waals surface area contributed by atoms with Crippen LogP contribution in [0.25, 0.3) is 0 Å². The monoisotopic (exact) mass is 320 g/mol. The molecule has 1 atom stereocenters. The predicted octanol–water partition coefficient (Wildman–Crippen LogP) is 2.66. The summed E-state index contributed by atoms with van der Waals surface area (Å²) in [5.41, 5.74) is 10.3. The number of anilines is 2. The molecule has 1 aromatic rings. The van der Waals surface area contributed by atoms with Crippen LogP contribution in [0.3, 0.4) is 0 Å². The van der Waals surface area contributed by atoms with Crippen LogP contribution >= 0.6 is 0 Å². The standard InChI is InChI=1S/C18H34N3Si/c1-8-15-17(10-9-16(19)18(15)22(5,6)7)20-12-11-14(13-20)21(2,3)4/h9-10,14H,8,11-13,19H2,1-7H3/q+1. The quantitative estimate of drug-likeness (QED) is 0.525. The van der Waals surface area contributed by atoms with Gasteiger partial charge in [-0.3, -0.25) is 0 Å². The molecule has 0 radical (unpaired) electrons. The van der Waals surface area contributed by atoms with E-state index in [2.05, 4.69) is 64.7 Å². The molecular formula is C18H34N3Si+. The van der Waals surface area contributed by atoms with Gasteiger partial charge in [-0.2, -0.15) is 0 Å². The zero-order valence-electron chi connectivity index (χ0n) is 15.5. The average Bonchev–Trinajstić information content (AvgIpc) is 2.85. The fourth-order valence-electron chi connectivity index (χ4n) is 3.79. The van der Waals surface area contributed by atoms with E-state index in [9.17, 15) is 0 Å². The molecule has 0 saturated carbocycles. The Kier molecular flexibility index (Phi) is 4.65. The van der Waals surface area contributed by atoms with E-state index in [4.69, 9.17) is 5.73 Å². The van der Waals surface area contributed by atoms with Crippen LogP contribution in [-0.2, 0) is 6.42 Å². The minimum Gasteiger partial charge on any atom is -0.399 e. The van der Waals surface area contributed by atoms with Gasteiger partial charge in [0.15, 0.2) is 0 Å². The third-order valence-corrected chi connectivity index (χ3v) is 7.11. The van der Waals surface area contributed by atoms with E-state index < -0.39 is 8.07 Å². The molecule has 0 amide bonds. The van der Waals surface area contributed by atoms with E-state index in [0.717, 1.165) is 29.2 Å². The molecule has 124 valence electrons. The second-order valence-electron chi connectivity index (χ2n) is 8.64.